The van der Waals surface area contributed by atoms with E-state index < -0.39 is 5.97 Å². The zero-order valence-electron chi connectivity index (χ0n) is 16.2. The predicted octanol–water partition coefficient (Wildman–Crippen LogP) is 3.65. The minimum Gasteiger partial charge on any atom is -0.481 e. The van der Waals surface area contributed by atoms with Crippen LogP contribution in [-0.2, 0) is 16.0 Å². The van der Waals surface area contributed by atoms with Gasteiger partial charge in [0.1, 0.15) is 6.10 Å². The Morgan fingerprint density at radius 3 is 3.00 bits per heavy atom. The van der Waals surface area contributed by atoms with Crippen LogP contribution in [0.3, 0.4) is 0 Å². The average molecular weight is 413 g/mol. The highest BCUT2D eigenvalue weighted by molar-refractivity contribution is 7.99. The summed E-state index contributed by atoms with van der Waals surface area (Å²) in [5.41, 5.74) is 4.99. The van der Waals surface area contributed by atoms with E-state index in [1.807, 2.05) is 6.07 Å². The second kappa shape index (κ2) is 7.88. The van der Waals surface area contributed by atoms with Crippen molar-refractivity contribution in [2.45, 2.75) is 36.2 Å². The van der Waals surface area contributed by atoms with Crippen molar-refractivity contribution in [2.75, 3.05) is 37.0 Å². The molecular formula is C22H24N2O4S. The lowest BCUT2D eigenvalue weighted by molar-refractivity contribution is -0.137. The third-order valence-corrected chi connectivity index (χ3v) is 7.21. The normalized spacial score (nSPS) is 23.0. The van der Waals surface area contributed by atoms with E-state index in [0.717, 1.165) is 55.4 Å². The van der Waals surface area contributed by atoms with Gasteiger partial charge in [-0.15, -0.1) is 11.8 Å². The Bertz CT molecular complexity index is 929. The van der Waals surface area contributed by atoms with E-state index in [4.69, 9.17) is 14.6 Å². The molecule has 5 rings (SSSR count). The summed E-state index contributed by atoms with van der Waals surface area (Å²) in [6.45, 7) is 3.43. The molecule has 1 saturated heterocycles. The number of rotatable bonds is 5. The Kier molecular flexibility index (Phi) is 5.09. The molecule has 3 aliphatic rings. The number of benzene rings is 1. The van der Waals surface area contributed by atoms with E-state index in [1.54, 1.807) is 18.0 Å². The molecule has 1 aromatic carbocycles. The smallest absolute Gasteiger partial charge is 0.303 e. The van der Waals surface area contributed by atoms with Crippen LogP contribution in [0, 0.1) is 0 Å². The van der Waals surface area contributed by atoms with Crippen molar-refractivity contribution in [1.82, 2.24) is 4.98 Å². The molecule has 1 N–H and O–H groups in total. The van der Waals surface area contributed by atoms with Crippen LogP contribution in [0.25, 0.3) is 0 Å². The Balaban J connectivity index is 1.34. The Morgan fingerprint density at radius 1 is 1.31 bits per heavy atom. The highest BCUT2D eigenvalue weighted by Crippen LogP contribution is 2.44. The number of fused-ring (bicyclic) bond motifs is 2. The van der Waals surface area contributed by atoms with Gasteiger partial charge in [0.05, 0.1) is 19.6 Å². The molecule has 2 aromatic rings. The number of carboxylic acids is 1. The van der Waals surface area contributed by atoms with Crippen LogP contribution in [0.15, 0.2) is 35.4 Å². The number of carboxylic acid groups (broad SMARTS) is 1. The van der Waals surface area contributed by atoms with Gasteiger partial charge in [0.15, 0.2) is 0 Å². The van der Waals surface area contributed by atoms with Gasteiger partial charge in [0, 0.05) is 47.6 Å². The number of pyridine rings is 1. The zero-order valence-corrected chi connectivity index (χ0v) is 17.0. The molecule has 0 saturated carbocycles. The van der Waals surface area contributed by atoms with Crippen molar-refractivity contribution < 1.29 is 19.4 Å². The van der Waals surface area contributed by atoms with Gasteiger partial charge in [-0.2, -0.15) is 0 Å². The van der Waals surface area contributed by atoms with Gasteiger partial charge in [-0.05, 0) is 35.6 Å². The Morgan fingerprint density at radius 2 is 2.17 bits per heavy atom. The van der Waals surface area contributed by atoms with Crippen LogP contribution in [0.1, 0.15) is 41.6 Å². The molecule has 2 aliphatic heterocycles. The van der Waals surface area contributed by atoms with Crippen LogP contribution in [-0.4, -0.2) is 48.1 Å². The number of aromatic nitrogens is 1. The summed E-state index contributed by atoms with van der Waals surface area (Å²) in [6, 6.07) is 8.47. The topological polar surface area (TPSA) is 71.9 Å². The van der Waals surface area contributed by atoms with E-state index in [1.165, 1.54) is 16.8 Å². The largest absolute Gasteiger partial charge is 0.481 e. The first-order valence-corrected chi connectivity index (χ1v) is 11.1. The SMILES string of the molecule is O=C(O)C[C@@H]1CSc2cc(OC3CCc4c3cccc4N3CCOCC3)ncc21. The van der Waals surface area contributed by atoms with E-state index in [9.17, 15) is 4.79 Å². The Labute approximate surface area is 174 Å². The minimum absolute atomic E-state index is 0.0118. The number of ether oxygens (including phenoxy) is 2. The van der Waals surface area contributed by atoms with Crippen LogP contribution in [0.4, 0.5) is 5.69 Å². The molecule has 1 unspecified atom stereocenters. The number of morpholine rings is 1. The molecule has 1 aromatic heterocycles. The maximum atomic E-state index is 11.1. The van der Waals surface area contributed by atoms with Crippen LogP contribution < -0.4 is 9.64 Å². The first kappa shape index (κ1) is 18.8. The van der Waals surface area contributed by atoms with Crippen molar-refractivity contribution in [1.29, 1.82) is 0 Å². The van der Waals surface area contributed by atoms with Crippen molar-refractivity contribution in [3.63, 3.8) is 0 Å². The summed E-state index contributed by atoms with van der Waals surface area (Å²) in [7, 11) is 0. The highest BCUT2D eigenvalue weighted by atomic mass is 32.2. The lowest BCUT2D eigenvalue weighted by Gasteiger charge is -2.30. The van der Waals surface area contributed by atoms with Gasteiger partial charge < -0.3 is 19.5 Å². The van der Waals surface area contributed by atoms with Gasteiger partial charge in [-0.25, -0.2) is 4.98 Å². The molecule has 1 fully saturated rings. The maximum absolute atomic E-state index is 11.1. The molecular weight excluding hydrogens is 388 g/mol. The second-order valence-corrected chi connectivity index (χ2v) is 8.82. The fraction of sp³-hybridized carbons (Fsp3) is 0.455. The number of hydrogen-bond acceptors (Lipinski definition) is 6. The molecule has 152 valence electrons. The second-order valence-electron chi connectivity index (χ2n) is 7.76. The maximum Gasteiger partial charge on any atom is 0.303 e. The first-order chi connectivity index (χ1) is 14.2. The third kappa shape index (κ3) is 3.69. The van der Waals surface area contributed by atoms with Crippen LogP contribution >= 0.6 is 11.8 Å². The molecule has 0 bridgehead atoms. The average Bonchev–Trinajstić information content (AvgIpc) is 3.32. The van der Waals surface area contributed by atoms with Crippen LogP contribution in [0.5, 0.6) is 5.88 Å². The van der Waals surface area contributed by atoms with Gasteiger partial charge >= 0.3 is 5.97 Å². The molecule has 29 heavy (non-hydrogen) atoms. The number of nitrogens with zero attached hydrogens (tertiary/aromatic N) is 2. The van der Waals surface area contributed by atoms with Crippen molar-refractivity contribution >= 4 is 23.4 Å². The van der Waals surface area contributed by atoms with E-state index in [2.05, 4.69) is 28.1 Å². The lowest BCUT2D eigenvalue weighted by Crippen LogP contribution is -2.36. The number of thioether (sulfide) groups is 1. The fourth-order valence-corrected chi connectivity index (χ4v) is 5.80. The van der Waals surface area contributed by atoms with Gasteiger partial charge in [-0.3, -0.25) is 4.79 Å². The summed E-state index contributed by atoms with van der Waals surface area (Å²) < 4.78 is 11.8. The highest BCUT2D eigenvalue weighted by Gasteiger charge is 2.30. The van der Waals surface area contributed by atoms with Gasteiger partial charge in [0.25, 0.3) is 0 Å². The summed E-state index contributed by atoms with van der Waals surface area (Å²) in [5, 5.41) is 9.09. The van der Waals surface area contributed by atoms with Crippen molar-refractivity contribution in [3.8, 4) is 5.88 Å². The Hall–Kier alpha value is -2.25. The third-order valence-electron chi connectivity index (χ3n) is 5.98. The molecule has 0 radical (unpaired) electrons. The summed E-state index contributed by atoms with van der Waals surface area (Å²) in [4.78, 5) is 19.1. The zero-order chi connectivity index (χ0) is 19.8. The number of hydrogen-bond donors (Lipinski definition) is 1. The monoisotopic (exact) mass is 412 g/mol. The number of carbonyl (C=O) groups is 1. The minimum atomic E-state index is -0.762. The van der Waals surface area contributed by atoms with Gasteiger partial charge in [0.2, 0.25) is 5.88 Å². The molecule has 2 atom stereocenters. The van der Waals surface area contributed by atoms with Crippen LogP contribution in [0.2, 0.25) is 0 Å². The number of aliphatic carboxylic acids is 1. The summed E-state index contributed by atoms with van der Waals surface area (Å²) in [6.07, 6.45) is 3.93. The molecule has 7 heteroatoms. The molecule has 0 spiro atoms. The molecule has 1 aliphatic carbocycles. The predicted molar refractivity (Wildman–Crippen MR) is 111 cm³/mol. The van der Waals surface area contributed by atoms with Gasteiger partial charge in [-0.1, -0.05) is 12.1 Å². The quantitative estimate of drug-likeness (QED) is 0.804. The standard InChI is InChI=1S/C22H24N2O4S/c25-22(26)10-14-13-29-20-11-21(23-12-17(14)20)28-19-5-4-15-16(19)2-1-3-18(15)24-6-8-27-9-7-24/h1-3,11-12,14,19H,4-10,13H2,(H,25,26)/t14-,19?/m1/s1. The van der Waals surface area contributed by atoms with E-state index >= 15 is 0 Å². The summed E-state index contributed by atoms with van der Waals surface area (Å²) >= 11 is 1.70. The van der Waals surface area contributed by atoms with Crippen molar-refractivity contribution in [3.05, 3.63) is 47.2 Å². The molecule has 0 amide bonds. The lowest BCUT2D eigenvalue weighted by atomic mass is 10.00. The fourth-order valence-electron chi connectivity index (χ4n) is 4.55. The molecule has 3 heterocycles. The summed E-state index contributed by atoms with van der Waals surface area (Å²) in [5.74, 6) is 0.698. The number of anilines is 1. The van der Waals surface area contributed by atoms with Crippen molar-refractivity contribution in [2.24, 2.45) is 0 Å². The van der Waals surface area contributed by atoms with E-state index in [0.29, 0.717) is 5.88 Å². The first-order valence-electron chi connectivity index (χ1n) is 10.1. The van der Waals surface area contributed by atoms with E-state index in [-0.39, 0.29) is 18.4 Å². The molecule has 6 nitrogen and oxygen atoms in total.